The van der Waals surface area contributed by atoms with Crippen molar-refractivity contribution in [2.45, 2.75) is 26.3 Å². The highest BCUT2D eigenvalue weighted by Crippen LogP contribution is 2.17. The van der Waals surface area contributed by atoms with Crippen molar-refractivity contribution in [3.63, 3.8) is 0 Å². The van der Waals surface area contributed by atoms with Crippen LogP contribution in [0.15, 0.2) is 54.6 Å². The third kappa shape index (κ3) is 5.72. The van der Waals surface area contributed by atoms with Crippen molar-refractivity contribution in [2.75, 3.05) is 23.8 Å². The normalized spacial score (nSPS) is 11.0. The van der Waals surface area contributed by atoms with Gasteiger partial charge in [-0.3, -0.25) is 9.59 Å². The molecule has 0 unspecified atom stereocenters. The molecule has 0 aliphatic heterocycles. The second kappa shape index (κ2) is 7.94. The summed E-state index contributed by atoms with van der Waals surface area (Å²) in [7, 11) is 1.73. The van der Waals surface area contributed by atoms with E-state index in [0.717, 1.165) is 5.69 Å². The molecular weight excluding hydrogens is 314 g/mol. The van der Waals surface area contributed by atoms with Gasteiger partial charge in [-0.15, -0.1) is 0 Å². The smallest absolute Gasteiger partial charge is 0.258 e. The van der Waals surface area contributed by atoms with Crippen molar-refractivity contribution < 1.29 is 9.59 Å². The predicted octanol–water partition coefficient (Wildman–Crippen LogP) is 3.29. The van der Waals surface area contributed by atoms with Gasteiger partial charge in [-0.1, -0.05) is 24.3 Å². The first-order chi connectivity index (χ1) is 11.8. The van der Waals surface area contributed by atoms with Crippen LogP contribution in [0.25, 0.3) is 0 Å². The molecule has 2 amide bonds. The standard InChI is InChI=1S/C20H25N3O2/c1-20(2,3)21-14-18(24)22-16-10-8-9-15(13-16)19(25)23(4)17-11-6-5-7-12-17/h5-13,21H,14H2,1-4H3,(H,22,24). The van der Waals surface area contributed by atoms with Gasteiger partial charge in [0, 0.05) is 29.5 Å². The minimum atomic E-state index is -0.143. The van der Waals surface area contributed by atoms with Crippen LogP contribution in [-0.2, 0) is 4.79 Å². The summed E-state index contributed by atoms with van der Waals surface area (Å²) < 4.78 is 0. The second-order valence-corrected chi connectivity index (χ2v) is 6.93. The fourth-order valence-electron chi connectivity index (χ4n) is 2.24. The Hall–Kier alpha value is -2.66. The highest BCUT2D eigenvalue weighted by molar-refractivity contribution is 6.06. The fourth-order valence-corrected chi connectivity index (χ4v) is 2.24. The Morgan fingerprint density at radius 3 is 2.32 bits per heavy atom. The van der Waals surface area contributed by atoms with Crippen LogP contribution in [0.4, 0.5) is 11.4 Å². The molecule has 0 radical (unpaired) electrons. The van der Waals surface area contributed by atoms with Gasteiger partial charge in [0.25, 0.3) is 5.91 Å². The summed E-state index contributed by atoms with van der Waals surface area (Å²) in [5.74, 6) is -0.272. The third-order valence-electron chi connectivity index (χ3n) is 3.62. The zero-order valence-electron chi connectivity index (χ0n) is 15.2. The van der Waals surface area contributed by atoms with E-state index in [1.165, 1.54) is 0 Å². The first-order valence-electron chi connectivity index (χ1n) is 8.24. The molecule has 0 aliphatic carbocycles. The number of nitrogens with one attached hydrogen (secondary N) is 2. The minimum Gasteiger partial charge on any atom is -0.325 e. The maximum atomic E-state index is 12.6. The number of para-hydroxylation sites is 1. The Morgan fingerprint density at radius 2 is 1.68 bits per heavy atom. The van der Waals surface area contributed by atoms with E-state index in [1.54, 1.807) is 36.2 Å². The summed E-state index contributed by atoms with van der Waals surface area (Å²) in [6.45, 7) is 6.21. The number of nitrogens with zero attached hydrogens (tertiary/aromatic N) is 1. The number of carbonyl (C=O) groups excluding carboxylic acids is 2. The lowest BCUT2D eigenvalue weighted by atomic mass is 10.1. The highest BCUT2D eigenvalue weighted by Gasteiger charge is 2.15. The number of hydrogen-bond donors (Lipinski definition) is 2. The molecule has 5 heteroatoms. The van der Waals surface area contributed by atoms with Crippen LogP contribution in [0, 0.1) is 0 Å². The molecule has 0 saturated heterocycles. The average molecular weight is 339 g/mol. The Balaban J connectivity index is 2.05. The van der Waals surface area contributed by atoms with Gasteiger partial charge in [-0.25, -0.2) is 0 Å². The molecule has 132 valence electrons. The molecule has 0 atom stereocenters. The number of anilines is 2. The number of amides is 2. The molecule has 0 aliphatic rings. The van der Waals surface area contributed by atoms with Crippen LogP contribution in [-0.4, -0.2) is 30.9 Å². The van der Waals surface area contributed by atoms with Crippen LogP contribution in [0.2, 0.25) is 0 Å². The van der Waals surface area contributed by atoms with Crippen LogP contribution < -0.4 is 15.5 Å². The zero-order valence-corrected chi connectivity index (χ0v) is 15.2. The van der Waals surface area contributed by atoms with E-state index in [0.29, 0.717) is 11.3 Å². The van der Waals surface area contributed by atoms with E-state index in [1.807, 2.05) is 51.1 Å². The van der Waals surface area contributed by atoms with Gasteiger partial charge in [-0.2, -0.15) is 0 Å². The van der Waals surface area contributed by atoms with Crippen LogP contribution >= 0.6 is 0 Å². The Labute approximate surface area is 149 Å². The number of benzene rings is 2. The van der Waals surface area contributed by atoms with E-state index in [9.17, 15) is 9.59 Å². The van der Waals surface area contributed by atoms with Gasteiger partial charge >= 0.3 is 0 Å². The Bertz CT molecular complexity index is 736. The molecule has 2 aromatic rings. The first-order valence-corrected chi connectivity index (χ1v) is 8.24. The molecule has 5 nitrogen and oxygen atoms in total. The molecule has 0 heterocycles. The molecule has 25 heavy (non-hydrogen) atoms. The lowest BCUT2D eigenvalue weighted by Gasteiger charge is -2.20. The summed E-state index contributed by atoms with van der Waals surface area (Å²) in [6.07, 6.45) is 0. The van der Waals surface area contributed by atoms with E-state index >= 15 is 0 Å². The van der Waals surface area contributed by atoms with E-state index < -0.39 is 0 Å². The van der Waals surface area contributed by atoms with Gasteiger partial charge in [0.15, 0.2) is 0 Å². The predicted molar refractivity (Wildman–Crippen MR) is 102 cm³/mol. The monoisotopic (exact) mass is 339 g/mol. The molecule has 0 spiro atoms. The fraction of sp³-hybridized carbons (Fsp3) is 0.300. The first kappa shape index (κ1) is 18.7. The lowest BCUT2D eigenvalue weighted by Crippen LogP contribution is -2.41. The van der Waals surface area contributed by atoms with Crippen LogP contribution in [0.1, 0.15) is 31.1 Å². The topological polar surface area (TPSA) is 61.4 Å². The summed E-state index contributed by atoms with van der Waals surface area (Å²) >= 11 is 0. The lowest BCUT2D eigenvalue weighted by molar-refractivity contribution is -0.115. The van der Waals surface area contributed by atoms with Gasteiger partial charge in [-0.05, 0) is 51.1 Å². The maximum absolute atomic E-state index is 12.6. The third-order valence-corrected chi connectivity index (χ3v) is 3.62. The average Bonchev–Trinajstić information content (AvgIpc) is 2.59. The largest absolute Gasteiger partial charge is 0.325 e. The van der Waals surface area contributed by atoms with Crippen molar-refractivity contribution in [3.8, 4) is 0 Å². The Morgan fingerprint density at radius 1 is 1.00 bits per heavy atom. The summed E-state index contributed by atoms with van der Waals surface area (Å²) in [5, 5.41) is 5.95. The van der Waals surface area contributed by atoms with Crippen LogP contribution in [0.3, 0.4) is 0 Å². The van der Waals surface area contributed by atoms with Crippen molar-refractivity contribution in [3.05, 3.63) is 60.2 Å². The van der Waals surface area contributed by atoms with Crippen molar-refractivity contribution >= 4 is 23.2 Å². The van der Waals surface area contributed by atoms with E-state index in [2.05, 4.69) is 10.6 Å². The van der Waals surface area contributed by atoms with Gasteiger partial charge < -0.3 is 15.5 Å². The molecule has 0 bridgehead atoms. The number of carbonyl (C=O) groups is 2. The van der Waals surface area contributed by atoms with E-state index in [4.69, 9.17) is 0 Å². The molecule has 2 N–H and O–H groups in total. The van der Waals surface area contributed by atoms with Crippen molar-refractivity contribution in [2.24, 2.45) is 0 Å². The van der Waals surface area contributed by atoms with Gasteiger partial charge in [0.2, 0.25) is 5.91 Å². The molecule has 2 rings (SSSR count). The molecule has 0 aromatic heterocycles. The Kier molecular flexibility index (Phi) is 5.93. The second-order valence-electron chi connectivity index (χ2n) is 6.93. The van der Waals surface area contributed by atoms with Crippen molar-refractivity contribution in [1.29, 1.82) is 0 Å². The summed E-state index contributed by atoms with van der Waals surface area (Å²) in [5.41, 5.74) is 1.81. The highest BCUT2D eigenvalue weighted by atomic mass is 16.2. The molecular formula is C20H25N3O2. The van der Waals surface area contributed by atoms with Gasteiger partial charge in [0.05, 0.1) is 6.54 Å². The minimum absolute atomic E-state index is 0.130. The maximum Gasteiger partial charge on any atom is 0.258 e. The van der Waals surface area contributed by atoms with Crippen molar-refractivity contribution in [1.82, 2.24) is 5.32 Å². The summed E-state index contributed by atoms with van der Waals surface area (Å²) in [4.78, 5) is 26.3. The quantitative estimate of drug-likeness (QED) is 0.879. The van der Waals surface area contributed by atoms with Gasteiger partial charge in [0.1, 0.15) is 0 Å². The molecule has 0 saturated carbocycles. The van der Waals surface area contributed by atoms with E-state index in [-0.39, 0.29) is 23.9 Å². The number of rotatable bonds is 5. The SMILES string of the molecule is CN(C(=O)c1cccc(NC(=O)CNC(C)(C)C)c1)c1ccccc1. The molecule has 0 fully saturated rings. The molecule has 2 aromatic carbocycles. The zero-order chi connectivity index (χ0) is 18.4. The summed E-state index contributed by atoms with van der Waals surface area (Å²) in [6, 6.07) is 16.4. The number of hydrogen-bond acceptors (Lipinski definition) is 3. The van der Waals surface area contributed by atoms with Crippen LogP contribution in [0.5, 0.6) is 0 Å².